The lowest BCUT2D eigenvalue weighted by Crippen LogP contribution is -2.61. The third-order valence-electron chi connectivity index (χ3n) is 4.95. The van der Waals surface area contributed by atoms with Crippen LogP contribution in [-0.2, 0) is 0 Å². The molecule has 1 aromatic rings. The average molecular weight is 270 g/mol. The van der Waals surface area contributed by atoms with Crippen LogP contribution in [0.25, 0.3) is 0 Å². The fourth-order valence-corrected chi connectivity index (χ4v) is 3.54. The van der Waals surface area contributed by atoms with Gasteiger partial charge in [0.1, 0.15) is 0 Å². The van der Waals surface area contributed by atoms with E-state index in [0.717, 1.165) is 32.0 Å². The van der Waals surface area contributed by atoms with E-state index in [4.69, 9.17) is 0 Å². The van der Waals surface area contributed by atoms with E-state index >= 15 is 0 Å². The molecule has 1 saturated carbocycles. The summed E-state index contributed by atoms with van der Waals surface area (Å²) in [7, 11) is 0. The number of piperazine rings is 1. The Morgan fingerprint density at radius 2 is 2.10 bits per heavy atom. The molecule has 1 heterocycles. The molecule has 0 aromatic heterocycles. The number of nitrogens with one attached hydrogen (secondary N) is 1. The Morgan fingerprint density at radius 1 is 1.35 bits per heavy atom. The molecular formula is C18H26N2. The van der Waals surface area contributed by atoms with Crippen LogP contribution < -0.4 is 5.32 Å². The third-order valence-corrected chi connectivity index (χ3v) is 4.95. The molecule has 20 heavy (non-hydrogen) atoms. The van der Waals surface area contributed by atoms with E-state index in [1.54, 1.807) is 0 Å². The molecule has 2 nitrogen and oxygen atoms in total. The molecule has 0 spiro atoms. The van der Waals surface area contributed by atoms with Crippen LogP contribution >= 0.6 is 0 Å². The molecule has 108 valence electrons. The second-order valence-electron chi connectivity index (χ2n) is 6.55. The second kappa shape index (κ2) is 5.71. The SMILES string of the molecule is C=CCCN1CC(C)(C2CC2)NCC1c1ccccc1. The molecule has 1 N–H and O–H groups in total. The highest BCUT2D eigenvalue weighted by Crippen LogP contribution is 2.42. The summed E-state index contributed by atoms with van der Waals surface area (Å²) >= 11 is 0. The van der Waals surface area contributed by atoms with Crippen LogP contribution in [0, 0.1) is 5.92 Å². The van der Waals surface area contributed by atoms with E-state index in [2.05, 4.69) is 54.1 Å². The van der Waals surface area contributed by atoms with Gasteiger partial charge in [-0.05, 0) is 37.7 Å². The van der Waals surface area contributed by atoms with Gasteiger partial charge in [-0.15, -0.1) is 6.58 Å². The lowest BCUT2D eigenvalue weighted by molar-refractivity contribution is 0.0762. The molecule has 0 radical (unpaired) electrons. The predicted octanol–water partition coefficient (Wildman–Crippen LogP) is 3.38. The summed E-state index contributed by atoms with van der Waals surface area (Å²) in [6, 6.07) is 11.4. The Hall–Kier alpha value is -1.12. The van der Waals surface area contributed by atoms with Crippen LogP contribution in [0.15, 0.2) is 43.0 Å². The summed E-state index contributed by atoms with van der Waals surface area (Å²) in [6.07, 6.45) is 5.91. The van der Waals surface area contributed by atoms with Gasteiger partial charge < -0.3 is 5.32 Å². The smallest absolute Gasteiger partial charge is 0.0473 e. The molecule has 2 aliphatic rings. The van der Waals surface area contributed by atoms with Crippen molar-refractivity contribution in [3.8, 4) is 0 Å². The van der Waals surface area contributed by atoms with Gasteiger partial charge in [0, 0.05) is 31.2 Å². The molecule has 2 unspecified atom stereocenters. The van der Waals surface area contributed by atoms with Crippen molar-refractivity contribution in [2.24, 2.45) is 5.92 Å². The Balaban J connectivity index is 1.77. The van der Waals surface area contributed by atoms with Gasteiger partial charge in [-0.3, -0.25) is 4.90 Å². The van der Waals surface area contributed by atoms with Gasteiger partial charge in [-0.1, -0.05) is 36.4 Å². The Bertz CT molecular complexity index is 452. The first-order valence-electron chi connectivity index (χ1n) is 7.88. The maximum absolute atomic E-state index is 3.88. The van der Waals surface area contributed by atoms with Gasteiger partial charge in [-0.25, -0.2) is 0 Å². The summed E-state index contributed by atoms with van der Waals surface area (Å²) in [5.74, 6) is 0.880. The monoisotopic (exact) mass is 270 g/mol. The number of nitrogens with zero attached hydrogens (tertiary/aromatic N) is 1. The first kappa shape index (κ1) is 13.8. The minimum absolute atomic E-state index is 0.312. The summed E-state index contributed by atoms with van der Waals surface area (Å²) in [6.45, 7) is 9.63. The van der Waals surface area contributed by atoms with Gasteiger partial charge in [0.05, 0.1) is 0 Å². The Kier molecular flexibility index (Phi) is 3.95. The molecule has 1 aliphatic heterocycles. The van der Waals surface area contributed by atoms with Crippen molar-refractivity contribution in [1.82, 2.24) is 10.2 Å². The lowest BCUT2D eigenvalue weighted by atomic mass is 9.89. The number of hydrogen-bond donors (Lipinski definition) is 1. The summed E-state index contributed by atoms with van der Waals surface area (Å²) in [4.78, 5) is 2.66. The summed E-state index contributed by atoms with van der Waals surface area (Å²) in [5, 5.41) is 3.84. The van der Waals surface area contributed by atoms with Gasteiger partial charge in [0.25, 0.3) is 0 Å². The summed E-state index contributed by atoms with van der Waals surface area (Å²) < 4.78 is 0. The van der Waals surface area contributed by atoms with E-state index < -0.39 is 0 Å². The first-order valence-corrected chi connectivity index (χ1v) is 7.88. The maximum atomic E-state index is 3.88. The molecule has 3 rings (SSSR count). The zero-order chi connectivity index (χ0) is 14.0. The second-order valence-corrected chi connectivity index (χ2v) is 6.55. The van der Waals surface area contributed by atoms with E-state index in [0.29, 0.717) is 11.6 Å². The van der Waals surface area contributed by atoms with Crippen molar-refractivity contribution >= 4 is 0 Å². The van der Waals surface area contributed by atoms with Gasteiger partial charge in [0.15, 0.2) is 0 Å². The van der Waals surface area contributed by atoms with Crippen LogP contribution in [-0.4, -0.2) is 30.1 Å². The number of hydrogen-bond acceptors (Lipinski definition) is 2. The van der Waals surface area contributed by atoms with Crippen molar-refractivity contribution in [3.05, 3.63) is 48.6 Å². The highest BCUT2D eigenvalue weighted by Gasteiger charge is 2.45. The maximum Gasteiger partial charge on any atom is 0.0473 e. The van der Waals surface area contributed by atoms with Crippen LogP contribution in [0.1, 0.15) is 37.8 Å². The molecule has 2 heteroatoms. The fraction of sp³-hybridized carbons (Fsp3) is 0.556. The average Bonchev–Trinajstić information content (AvgIpc) is 3.31. The molecule has 1 aliphatic carbocycles. The largest absolute Gasteiger partial charge is 0.308 e. The first-order chi connectivity index (χ1) is 9.73. The van der Waals surface area contributed by atoms with Gasteiger partial charge in [0.2, 0.25) is 0 Å². The number of rotatable bonds is 5. The predicted molar refractivity (Wildman–Crippen MR) is 84.7 cm³/mol. The normalized spacial score (nSPS) is 31.1. The van der Waals surface area contributed by atoms with Crippen LogP contribution in [0.5, 0.6) is 0 Å². The molecule has 1 aromatic carbocycles. The minimum Gasteiger partial charge on any atom is -0.308 e. The van der Waals surface area contributed by atoms with Crippen LogP contribution in [0.3, 0.4) is 0 Å². The van der Waals surface area contributed by atoms with Crippen LogP contribution in [0.2, 0.25) is 0 Å². The quantitative estimate of drug-likeness (QED) is 0.825. The van der Waals surface area contributed by atoms with Crippen molar-refractivity contribution in [3.63, 3.8) is 0 Å². The minimum atomic E-state index is 0.312. The van der Waals surface area contributed by atoms with Crippen molar-refractivity contribution in [2.45, 2.75) is 37.8 Å². The van der Waals surface area contributed by atoms with Gasteiger partial charge >= 0.3 is 0 Å². The standard InChI is InChI=1S/C18H26N2/c1-3-4-12-20-14-18(2,16-10-11-16)19-13-17(20)15-8-6-5-7-9-15/h3,5-9,16-17,19H,1,4,10-14H2,2H3. The zero-order valence-electron chi connectivity index (χ0n) is 12.5. The van der Waals surface area contributed by atoms with Crippen molar-refractivity contribution in [1.29, 1.82) is 0 Å². The van der Waals surface area contributed by atoms with Crippen LogP contribution in [0.4, 0.5) is 0 Å². The van der Waals surface area contributed by atoms with Gasteiger partial charge in [-0.2, -0.15) is 0 Å². The molecule has 0 bridgehead atoms. The molecule has 0 amide bonds. The lowest BCUT2D eigenvalue weighted by Gasteiger charge is -2.47. The highest BCUT2D eigenvalue weighted by atomic mass is 15.3. The molecule has 2 fully saturated rings. The summed E-state index contributed by atoms with van der Waals surface area (Å²) in [5.41, 5.74) is 1.74. The topological polar surface area (TPSA) is 15.3 Å². The molecule has 2 atom stereocenters. The zero-order valence-corrected chi connectivity index (χ0v) is 12.5. The Morgan fingerprint density at radius 3 is 2.75 bits per heavy atom. The number of benzene rings is 1. The Labute approximate surface area is 122 Å². The molecular weight excluding hydrogens is 244 g/mol. The van der Waals surface area contributed by atoms with E-state index in [9.17, 15) is 0 Å². The van der Waals surface area contributed by atoms with E-state index in [1.165, 1.54) is 18.4 Å². The van der Waals surface area contributed by atoms with Crippen molar-refractivity contribution in [2.75, 3.05) is 19.6 Å². The third kappa shape index (κ3) is 2.82. The highest BCUT2D eigenvalue weighted by molar-refractivity contribution is 5.21. The van der Waals surface area contributed by atoms with Crippen molar-refractivity contribution < 1.29 is 0 Å². The fourth-order valence-electron chi connectivity index (χ4n) is 3.54. The van der Waals surface area contributed by atoms with E-state index in [-0.39, 0.29) is 0 Å². The van der Waals surface area contributed by atoms with E-state index in [1.807, 2.05) is 6.08 Å². The molecule has 1 saturated heterocycles.